The number of fused-ring (bicyclic) bond motifs is 1. The van der Waals surface area contributed by atoms with Crippen molar-refractivity contribution in [1.29, 1.82) is 0 Å². The Bertz CT molecular complexity index is 739. The molecule has 0 saturated carbocycles. The summed E-state index contributed by atoms with van der Waals surface area (Å²) in [6.07, 6.45) is 0.552. The zero-order chi connectivity index (χ0) is 14.8. The van der Waals surface area contributed by atoms with Crippen LogP contribution in [0, 0.1) is 5.82 Å². The summed E-state index contributed by atoms with van der Waals surface area (Å²) >= 11 is 5.80. The van der Waals surface area contributed by atoms with E-state index >= 15 is 0 Å². The fraction of sp³-hybridized carbons (Fsp3) is 0.125. The second-order valence-corrected chi connectivity index (χ2v) is 5.27. The van der Waals surface area contributed by atoms with Crippen LogP contribution in [0.3, 0.4) is 0 Å². The van der Waals surface area contributed by atoms with Gasteiger partial charge in [-0.15, -0.1) is 0 Å². The van der Waals surface area contributed by atoms with Crippen LogP contribution in [0.25, 0.3) is 11.0 Å². The molecule has 0 fully saturated rings. The molecule has 1 aromatic heterocycles. The van der Waals surface area contributed by atoms with Gasteiger partial charge in [0.05, 0.1) is 11.1 Å². The largest absolute Gasteiger partial charge is 0.459 e. The number of nitrogens with two attached hydrogens (primary N) is 1. The molecule has 0 aliphatic rings. The topological polar surface area (TPSA) is 51.2 Å². The van der Waals surface area contributed by atoms with Crippen LogP contribution in [0.5, 0.6) is 0 Å². The van der Waals surface area contributed by atoms with Crippen molar-refractivity contribution in [3.63, 3.8) is 0 Å². The molecule has 1 unspecified atom stereocenters. The SMILES string of the molecule is NNC(Cc1ccc(F)c(Cl)c1)c1cc2ccccc2o1. The zero-order valence-corrected chi connectivity index (χ0v) is 11.9. The van der Waals surface area contributed by atoms with Crippen molar-refractivity contribution in [2.45, 2.75) is 12.5 Å². The number of hydrogen-bond donors (Lipinski definition) is 2. The maximum Gasteiger partial charge on any atom is 0.141 e. The molecule has 2 aromatic carbocycles. The fourth-order valence-electron chi connectivity index (χ4n) is 2.32. The predicted molar refractivity (Wildman–Crippen MR) is 81.4 cm³/mol. The van der Waals surface area contributed by atoms with Gasteiger partial charge in [-0.25, -0.2) is 9.82 Å². The summed E-state index contributed by atoms with van der Waals surface area (Å²) in [4.78, 5) is 0. The lowest BCUT2D eigenvalue weighted by molar-refractivity contribution is 0.434. The molecule has 3 nitrogen and oxygen atoms in total. The molecular formula is C16H14ClFN2O. The molecule has 1 heterocycles. The molecule has 0 aliphatic carbocycles. The molecule has 0 radical (unpaired) electrons. The summed E-state index contributed by atoms with van der Waals surface area (Å²) in [7, 11) is 0. The van der Waals surface area contributed by atoms with Crippen molar-refractivity contribution in [2.24, 2.45) is 5.84 Å². The molecule has 0 saturated heterocycles. The molecule has 0 spiro atoms. The minimum absolute atomic E-state index is 0.105. The van der Waals surface area contributed by atoms with Gasteiger partial charge in [0.15, 0.2) is 0 Å². The quantitative estimate of drug-likeness (QED) is 0.566. The Kier molecular flexibility index (Phi) is 3.92. The number of para-hydroxylation sites is 1. The predicted octanol–water partition coefficient (Wildman–Crippen LogP) is 3.97. The van der Waals surface area contributed by atoms with Gasteiger partial charge < -0.3 is 4.42 Å². The van der Waals surface area contributed by atoms with E-state index in [4.69, 9.17) is 21.9 Å². The van der Waals surface area contributed by atoms with Crippen LogP contribution < -0.4 is 11.3 Å². The van der Waals surface area contributed by atoms with Gasteiger partial charge in [0.1, 0.15) is 17.2 Å². The highest BCUT2D eigenvalue weighted by atomic mass is 35.5. The number of nitrogens with one attached hydrogen (secondary N) is 1. The minimum Gasteiger partial charge on any atom is -0.459 e. The highest BCUT2D eigenvalue weighted by molar-refractivity contribution is 6.30. The third kappa shape index (κ3) is 2.93. The number of hydrogen-bond acceptors (Lipinski definition) is 3. The fourth-order valence-corrected chi connectivity index (χ4v) is 2.52. The monoisotopic (exact) mass is 304 g/mol. The van der Waals surface area contributed by atoms with Gasteiger partial charge in [0, 0.05) is 5.39 Å². The first-order valence-corrected chi connectivity index (χ1v) is 6.93. The van der Waals surface area contributed by atoms with E-state index in [9.17, 15) is 4.39 Å². The van der Waals surface area contributed by atoms with Crippen LogP contribution in [0.15, 0.2) is 52.9 Å². The Hall–Kier alpha value is -1.88. The van der Waals surface area contributed by atoms with Gasteiger partial charge in [-0.3, -0.25) is 5.84 Å². The lowest BCUT2D eigenvalue weighted by atomic mass is 10.0. The lowest BCUT2D eigenvalue weighted by Gasteiger charge is -2.13. The van der Waals surface area contributed by atoms with E-state index in [2.05, 4.69) is 5.43 Å². The number of hydrazine groups is 1. The van der Waals surface area contributed by atoms with Gasteiger partial charge in [-0.1, -0.05) is 35.9 Å². The smallest absolute Gasteiger partial charge is 0.141 e. The maximum atomic E-state index is 13.2. The third-order valence-electron chi connectivity index (χ3n) is 3.41. The molecule has 3 aromatic rings. The second-order valence-electron chi connectivity index (χ2n) is 4.86. The summed E-state index contributed by atoms with van der Waals surface area (Å²) in [5.74, 6) is 5.93. The van der Waals surface area contributed by atoms with Crippen molar-refractivity contribution >= 4 is 22.6 Å². The van der Waals surface area contributed by atoms with E-state index in [-0.39, 0.29) is 11.1 Å². The van der Waals surface area contributed by atoms with Gasteiger partial charge >= 0.3 is 0 Å². The summed E-state index contributed by atoms with van der Waals surface area (Å²) in [6.45, 7) is 0. The summed E-state index contributed by atoms with van der Waals surface area (Å²) < 4.78 is 19.0. The molecule has 3 rings (SSSR count). The lowest BCUT2D eigenvalue weighted by Crippen LogP contribution is -2.29. The number of rotatable bonds is 4. The van der Waals surface area contributed by atoms with Crippen molar-refractivity contribution in [3.8, 4) is 0 Å². The molecule has 1 atom stereocenters. The number of furan rings is 1. The second kappa shape index (κ2) is 5.85. The molecule has 5 heteroatoms. The molecule has 0 amide bonds. The summed E-state index contributed by atoms with van der Waals surface area (Å²) in [5.41, 5.74) is 4.42. The molecular weight excluding hydrogens is 291 g/mol. The first-order valence-electron chi connectivity index (χ1n) is 6.56. The zero-order valence-electron chi connectivity index (χ0n) is 11.1. The van der Waals surface area contributed by atoms with Crippen LogP contribution in [0.1, 0.15) is 17.4 Å². The van der Waals surface area contributed by atoms with E-state index in [1.54, 1.807) is 12.1 Å². The van der Waals surface area contributed by atoms with E-state index in [0.29, 0.717) is 6.42 Å². The van der Waals surface area contributed by atoms with Gasteiger partial charge in [-0.05, 0) is 36.2 Å². The Morgan fingerprint density at radius 3 is 2.71 bits per heavy atom. The summed E-state index contributed by atoms with van der Waals surface area (Å²) in [5, 5.41) is 1.12. The minimum atomic E-state index is -0.429. The van der Waals surface area contributed by atoms with Crippen molar-refractivity contribution in [3.05, 3.63) is 70.7 Å². The Morgan fingerprint density at radius 2 is 2.00 bits per heavy atom. The number of benzene rings is 2. The van der Waals surface area contributed by atoms with E-state index in [1.807, 2.05) is 30.3 Å². The third-order valence-corrected chi connectivity index (χ3v) is 3.70. The average molecular weight is 305 g/mol. The highest BCUT2D eigenvalue weighted by Gasteiger charge is 2.16. The Labute approximate surface area is 126 Å². The molecule has 21 heavy (non-hydrogen) atoms. The van der Waals surface area contributed by atoms with Crippen LogP contribution >= 0.6 is 11.6 Å². The average Bonchev–Trinajstić information content (AvgIpc) is 2.92. The van der Waals surface area contributed by atoms with Crippen LogP contribution in [0.2, 0.25) is 5.02 Å². The van der Waals surface area contributed by atoms with E-state index < -0.39 is 5.82 Å². The highest BCUT2D eigenvalue weighted by Crippen LogP contribution is 2.26. The van der Waals surface area contributed by atoms with Crippen LogP contribution in [0.4, 0.5) is 4.39 Å². The summed E-state index contributed by atoms with van der Waals surface area (Å²) in [6, 6.07) is 14.1. The van der Waals surface area contributed by atoms with Gasteiger partial charge in [0.25, 0.3) is 0 Å². The van der Waals surface area contributed by atoms with Gasteiger partial charge in [-0.2, -0.15) is 0 Å². The molecule has 0 bridgehead atoms. The Balaban J connectivity index is 1.88. The molecule has 108 valence electrons. The standard InChI is InChI=1S/C16H14ClFN2O/c17-12-7-10(5-6-13(12)18)8-14(20-19)16-9-11-3-1-2-4-15(11)21-16/h1-7,9,14,20H,8,19H2. The van der Waals surface area contributed by atoms with E-state index in [1.165, 1.54) is 6.07 Å². The first kappa shape index (κ1) is 14.1. The van der Waals surface area contributed by atoms with Gasteiger partial charge in [0.2, 0.25) is 0 Å². The molecule has 0 aliphatic heterocycles. The van der Waals surface area contributed by atoms with Crippen LogP contribution in [-0.4, -0.2) is 0 Å². The van der Waals surface area contributed by atoms with Crippen molar-refractivity contribution in [2.75, 3.05) is 0 Å². The Morgan fingerprint density at radius 1 is 1.19 bits per heavy atom. The van der Waals surface area contributed by atoms with E-state index in [0.717, 1.165) is 22.3 Å². The normalized spacial score (nSPS) is 12.7. The van der Waals surface area contributed by atoms with Crippen molar-refractivity contribution in [1.82, 2.24) is 5.43 Å². The first-order chi connectivity index (χ1) is 10.2. The molecule has 3 N–H and O–H groups in total. The van der Waals surface area contributed by atoms with Crippen LogP contribution in [-0.2, 0) is 6.42 Å². The number of halogens is 2. The maximum absolute atomic E-state index is 13.2. The van der Waals surface area contributed by atoms with Crippen molar-refractivity contribution < 1.29 is 8.81 Å².